The minimum Gasteiger partial charge on any atom is -0.418 e. The fraction of sp³-hybridized carbons (Fsp3) is 0.400. The van der Waals surface area contributed by atoms with Crippen molar-refractivity contribution >= 4 is 8.60 Å². The van der Waals surface area contributed by atoms with E-state index in [4.69, 9.17) is 9.05 Å². The van der Waals surface area contributed by atoms with Gasteiger partial charge in [-0.15, -0.1) is 0 Å². The zero-order valence-corrected chi connectivity index (χ0v) is 15.5. The minimum absolute atomic E-state index is 0.714. The molecule has 130 valence electrons. The number of rotatable bonds is 10. The molecule has 1 N–H and O–H groups in total. The third-order valence-electron chi connectivity index (χ3n) is 3.90. The van der Waals surface area contributed by atoms with Crippen molar-refractivity contribution in [3.63, 3.8) is 0 Å². The van der Waals surface area contributed by atoms with Crippen LogP contribution in [0.4, 0.5) is 0 Å². The molecule has 0 heterocycles. The molecule has 2 rings (SSSR count). The molecular formula is C20H27O3P. The monoisotopic (exact) mass is 346 g/mol. The standard InChI is InChI=1S/C20H27O3P/c1-3-5-11-17-13-7-9-15-19(17)22-24(21)23-20-16-10-8-14-18(20)12-6-4-2/h7-10,13-16,21H,3-6,11-12H2,1-2H3. The highest BCUT2D eigenvalue weighted by molar-refractivity contribution is 7.41. The first-order valence-corrected chi connectivity index (χ1v) is 9.88. The van der Waals surface area contributed by atoms with E-state index in [0.29, 0.717) is 11.5 Å². The number of hydrogen-bond acceptors (Lipinski definition) is 3. The van der Waals surface area contributed by atoms with Gasteiger partial charge >= 0.3 is 8.60 Å². The van der Waals surface area contributed by atoms with Gasteiger partial charge in [0.2, 0.25) is 0 Å². The van der Waals surface area contributed by atoms with Crippen LogP contribution in [0.2, 0.25) is 0 Å². The van der Waals surface area contributed by atoms with E-state index < -0.39 is 8.60 Å². The Morgan fingerprint density at radius 2 is 1.17 bits per heavy atom. The summed E-state index contributed by atoms with van der Waals surface area (Å²) in [6, 6.07) is 15.7. The van der Waals surface area contributed by atoms with E-state index in [2.05, 4.69) is 13.8 Å². The molecule has 0 aliphatic carbocycles. The second-order valence-corrected chi connectivity index (χ2v) is 6.68. The summed E-state index contributed by atoms with van der Waals surface area (Å²) in [7, 11) is -2.00. The van der Waals surface area contributed by atoms with E-state index in [0.717, 1.165) is 49.7 Å². The molecule has 2 aromatic carbocycles. The topological polar surface area (TPSA) is 38.7 Å². The van der Waals surface area contributed by atoms with Gasteiger partial charge in [0.05, 0.1) is 0 Å². The summed E-state index contributed by atoms with van der Waals surface area (Å²) in [6.45, 7) is 4.33. The van der Waals surface area contributed by atoms with E-state index in [9.17, 15) is 4.89 Å². The normalized spacial score (nSPS) is 10.8. The molecule has 0 atom stereocenters. The summed E-state index contributed by atoms with van der Waals surface area (Å²) >= 11 is 0. The summed E-state index contributed by atoms with van der Waals surface area (Å²) in [5, 5.41) is 0. The van der Waals surface area contributed by atoms with E-state index in [1.54, 1.807) is 0 Å². The molecule has 0 fully saturated rings. The molecule has 0 saturated carbocycles. The summed E-state index contributed by atoms with van der Waals surface area (Å²) in [6.07, 6.45) is 6.35. The van der Waals surface area contributed by atoms with Crippen LogP contribution in [0.3, 0.4) is 0 Å². The highest BCUT2D eigenvalue weighted by Gasteiger charge is 2.15. The number of unbranched alkanes of at least 4 members (excludes halogenated alkanes) is 2. The van der Waals surface area contributed by atoms with Crippen molar-refractivity contribution in [3.05, 3.63) is 59.7 Å². The van der Waals surface area contributed by atoms with Gasteiger partial charge in [-0.2, -0.15) is 0 Å². The zero-order chi connectivity index (χ0) is 17.2. The number of benzene rings is 2. The molecule has 0 bridgehead atoms. The molecule has 3 nitrogen and oxygen atoms in total. The Hall–Kier alpha value is -1.57. The molecule has 0 aromatic heterocycles. The summed E-state index contributed by atoms with van der Waals surface area (Å²) < 4.78 is 11.4. The van der Waals surface area contributed by atoms with Crippen molar-refractivity contribution in [2.45, 2.75) is 52.4 Å². The highest BCUT2D eigenvalue weighted by atomic mass is 31.2. The Morgan fingerprint density at radius 3 is 1.58 bits per heavy atom. The number of aryl methyl sites for hydroxylation is 2. The average Bonchev–Trinajstić information content (AvgIpc) is 2.60. The predicted molar refractivity (Wildman–Crippen MR) is 101 cm³/mol. The number of para-hydroxylation sites is 2. The lowest BCUT2D eigenvalue weighted by Crippen LogP contribution is -1.99. The highest BCUT2D eigenvalue weighted by Crippen LogP contribution is 2.39. The molecular weight excluding hydrogens is 319 g/mol. The average molecular weight is 346 g/mol. The van der Waals surface area contributed by atoms with Gasteiger partial charge in [-0.1, -0.05) is 63.1 Å². The van der Waals surface area contributed by atoms with Gasteiger partial charge < -0.3 is 13.9 Å². The Labute approximate surface area is 146 Å². The molecule has 24 heavy (non-hydrogen) atoms. The first-order chi connectivity index (χ1) is 11.7. The van der Waals surface area contributed by atoms with Gasteiger partial charge in [0.15, 0.2) is 0 Å². The van der Waals surface area contributed by atoms with Crippen LogP contribution in [-0.4, -0.2) is 4.89 Å². The molecule has 0 radical (unpaired) electrons. The predicted octanol–water partition coefficient (Wildman–Crippen LogP) is 6.05. The Balaban J connectivity index is 2.02. The van der Waals surface area contributed by atoms with Crippen molar-refractivity contribution in [2.24, 2.45) is 0 Å². The van der Waals surface area contributed by atoms with Crippen LogP contribution in [0.1, 0.15) is 50.7 Å². The summed E-state index contributed by atoms with van der Waals surface area (Å²) in [5.74, 6) is 1.43. The van der Waals surface area contributed by atoms with E-state index in [1.165, 1.54) is 0 Å². The van der Waals surface area contributed by atoms with Gasteiger partial charge in [0.1, 0.15) is 11.5 Å². The van der Waals surface area contributed by atoms with Crippen LogP contribution in [0.25, 0.3) is 0 Å². The summed E-state index contributed by atoms with van der Waals surface area (Å²) in [5.41, 5.74) is 2.23. The minimum atomic E-state index is -2.00. The largest absolute Gasteiger partial charge is 0.460 e. The lowest BCUT2D eigenvalue weighted by atomic mass is 10.1. The van der Waals surface area contributed by atoms with Gasteiger partial charge in [0.25, 0.3) is 0 Å². The molecule has 2 aromatic rings. The quantitative estimate of drug-likeness (QED) is 0.532. The van der Waals surface area contributed by atoms with E-state index in [1.807, 2.05) is 48.5 Å². The lowest BCUT2D eigenvalue weighted by Gasteiger charge is -2.16. The van der Waals surface area contributed by atoms with Crippen LogP contribution in [-0.2, 0) is 12.8 Å². The third-order valence-corrected chi connectivity index (χ3v) is 4.60. The van der Waals surface area contributed by atoms with Crippen LogP contribution in [0, 0.1) is 0 Å². The van der Waals surface area contributed by atoms with Gasteiger partial charge in [-0.05, 0) is 48.9 Å². The van der Waals surface area contributed by atoms with Crippen LogP contribution >= 0.6 is 8.60 Å². The summed E-state index contributed by atoms with van der Waals surface area (Å²) in [4.78, 5) is 10.3. The first-order valence-electron chi connectivity index (χ1n) is 8.75. The Bertz CT molecular complexity index is 562. The number of hydrogen-bond donors (Lipinski definition) is 1. The third kappa shape index (κ3) is 5.81. The van der Waals surface area contributed by atoms with Crippen molar-refractivity contribution in [2.75, 3.05) is 0 Å². The maximum atomic E-state index is 10.3. The molecule has 4 heteroatoms. The zero-order valence-electron chi connectivity index (χ0n) is 14.6. The lowest BCUT2D eigenvalue weighted by molar-refractivity contribution is 0.378. The Morgan fingerprint density at radius 1 is 0.750 bits per heavy atom. The molecule has 0 aliphatic heterocycles. The fourth-order valence-electron chi connectivity index (χ4n) is 2.52. The van der Waals surface area contributed by atoms with Crippen molar-refractivity contribution in [1.29, 1.82) is 0 Å². The van der Waals surface area contributed by atoms with Gasteiger partial charge in [-0.25, -0.2) is 0 Å². The molecule has 0 saturated heterocycles. The van der Waals surface area contributed by atoms with Crippen LogP contribution in [0.5, 0.6) is 11.5 Å². The van der Waals surface area contributed by atoms with Crippen LogP contribution in [0.15, 0.2) is 48.5 Å². The maximum absolute atomic E-state index is 10.3. The van der Waals surface area contributed by atoms with Crippen molar-refractivity contribution < 1.29 is 13.9 Å². The molecule has 0 aliphatic rings. The smallest absolute Gasteiger partial charge is 0.418 e. The second kappa shape index (κ2) is 10.3. The maximum Gasteiger partial charge on any atom is 0.460 e. The van der Waals surface area contributed by atoms with Gasteiger partial charge in [-0.3, -0.25) is 0 Å². The SMILES string of the molecule is CCCCc1ccccc1OP(O)Oc1ccccc1CCCC. The first kappa shape index (κ1) is 18.8. The van der Waals surface area contributed by atoms with Crippen molar-refractivity contribution in [1.82, 2.24) is 0 Å². The van der Waals surface area contributed by atoms with Crippen molar-refractivity contribution in [3.8, 4) is 11.5 Å². The second-order valence-electron chi connectivity index (χ2n) is 5.84. The van der Waals surface area contributed by atoms with Gasteiger partial charge in [0, 0.05) is 0 Å². The molecule has 0 spiro atoms. The Kier molecular flexibility index (Phi) is 8.07. The molecule has 0 amide bonds. The van der Waals surface area contributed by atoms with E-state index >= 15 is 0 Å². The van der Waals surface area contributed by atoms with E-state index in [-0.39, 0.29) is 0 Å². The molecule has 0 unspecified atom stereocenters. The van der Waals surface area contributed by atoms with Crippen LogP contribution < -0.4 is 9.05 Å². The fourth-order valence-corrected chi connectivity index (χ4v) is 3.25.